The van der Waals surface area contributed by atoms with Gasteiger partial charge in [-0.05, 0) is 69.5 Å². The number of nitrogens with zero attached hydrogens (tertiary/aromatic N) is 2. The van der Waals surface area contributed by atoms with Crippen molar-refractivity contribution in [1.29, 1.82) is 0 Å². The smallest absolute Gasteiger partial charge is 0.262 e. The standard InChI is InChI=1S/C24H33N3O4S/c1-4-26(5-2)23-13-12-21(32(29,30)27-14-7-6-8-15-27)17-22(23)25-24(28)18-31-20-11-9-10-19(3)16-20/h9-13,16-17H,4-8,14-15,18H2,1-3H3,(H,25,28). The van der Waals surface area contributed by atoms with Crippen LogP contribution in [0.3, 0.4) is 0 Å². The van der Waals surface area contributed by atoms with Crippen molar-refractivity contribution in [2.45, 2.75) is 44.9 Å². The van der Waals surface area contributed by atoms with Crippen LogP contribution in [0.5, 0.6) is 5.75 Å². The number of carbonyl (C=O) groups is 1. The van der Waals surface area contributed by atoms with E-state index in [1.807, 2.05) is 39.0 Å². The van der Waals surface area contributed by atoms with E-state index in [1.165, 1.54) is 4.31 Å². The van der Waals surface area contributed by atoms with Crippen LogP contribution in [-0.2, 0) is 14.8 Å². The zero-order chi connectivity index (χ0) is 23.1. The summed E-state index contributed by atoms with van der Waals surface area (Å²) in [6.45, 7) is 8.37. The average molecular weight is 460 g/mol. The fourth-order valence-corrected chi connectivity index (χ4v) is 5.45. The van der Waals surface area contributed by atoms with E-state index in [0.29, 0.717) is 24.5 Å². The maximum Gasteiger partial charge on any atom is 0.262 e. The highest BCUT2D eigenvalue weighted by Crippen LogP contribution is 2.31. The van der Waals surface area contributed by atoms with Gasteiger partial charge in [-0.2, -0.15) is 4.31 Å². The highest BCUT2D eigenvalue weighted by Gasteiger charge is 2.27. The van der Waals surface area contributed by atoms with Crippen molar-refractivity contribution in [3.63, 3.8) is 0 Å². The topological polar surface area (TPSA) is 79.0 Å². The van der Waals surface area contributed by atoms with Gasteiger partial charge in [0, 0.05) is 26.2 Å². The zero-order valence-corrected chi connectivity index (χ0v) is 20.0. The molecule has 0 bridgehead atoms. The van der Waals surface area contributed by atoms with Crippen molar-refractivity contribution in [1.82, 2.24) is 4.31 Å². The third-order valence-electron chi connectivity index (χ3n) is 5.66. The molecule has 32 heavy (non-hydrogen) atoms. The van der Waals surface area contributed by atoms with Gasteiger partial charge in [0.15, 0.2) is 6.61 Å². The fourth-order valence-electron chi connectivity index (χ4n) is 3.91. The molecule has 0 aromatic heterocycles. The number of nitrogens with one attached hydrogen (secondary N) is 1. The number of benzene rings is 2. The number of aryl methyl sites for hydroxylation is 1. The van der Waals surface area contributed by atoms with Gasteiger partial charge in [0.05, 0.1) is 16.3 Å². The fraction of sp³-hybridized carbons (Fsp3) is 0.458. The summed E-state index contributed by atoms with van der Waals surface area (Å²) in [5, 5.41) is 2.87. The molecular formula is C24H33N3O4S. The van der Waals surface area contributed by atoms with Crippen molar-refractivity contribution in [3.05, 3.63) is 48.0 Å². The van der Waals surface area contributed by atoms with Crippen LogP contribution in [0.4, 0.5) is 11.4 Å². The number of sulfonamides is 1. The van der Waals surface area contributed by atoms with E-state index >= 15 is 0 Å². The Hall–Kier alpha value is -2.58. The number of ether oxygens (including phenoxy) is 1. The van der Waals surface area contributed by atoms with Crippen molar-refractivity contribution < 1.29 is 17.9 Å². The quantitative estimate of drug-likeness (QED) is 0.612. The largest absolute Gasteiger partial charge is 0.484 e. The molecule has 8 heteroatoms. The zero-order valence-electron chi connectivity index (χ0n) is 19.1. The minimum Gasteiger partial charge on any atom is -0.484 e. The molecule has 2 aromatic carbocycles. The van der Waals surface area contributed by atoms with E-state index in [4.69, 9.17) is 4.74 Å². The molecule has 0 unspecified atom stereocenters. The molecule has 7 nitrogen and oxygen atoms in total. The molecule has 1 N–H and O–H groups in total. The van der Waals surface area contributed by atoms with Crippen molar-refractivity contribution in [2.24, 2.45) is 0 Å². The van der Waals surface area contributed by atoms with Gasteiger partial charge in [-0.15, -0.1) is 0 Å². The first-order valence-corrected chi connectivity index (χ1v) is 12.7. The summed E-state index contributed by atoms with van der Waals surface area (Å²) in [6.07, 6.45) is 2.79. The average Bonchev–Trinajstić information content (AvgIpc) is 2.80. The number of piperidine rings is 1. The van der Waals surface area contributed by atoms with Crippen LogP contribution in [0.2, 0.25) is 0 Å². The summed E-state index contributed by atoms with van der Waals surface area (Å²) in [5.74, 6) is 0.276. The van der Waals surface area contributed by atoms with Gasteiger partial charge in [0.1, 0.15) is 5.75 Å². The predicted octanol–water partition coefficient (Wildman–Crippen LogP) is 4.03. The van der Waals surface area contributed by atoms with Crippen molar-refractivity contribution >= 4 is 27.3 Å². The third kappa shape index (κ3) is 5.81. The number of carbonyl (C=O) groups excluding carboxylic acids is 1. The molecule has 0 aliphatic carbocycles. The molecule has 1 saturated heterocycles. The SMILES string of the molecule is CCN(CC)c1ccc(S(=O)(=O)N2CCCCC2)cc1NC(=O)COc1cccc(C)c1. The first-order chi connectivity index (χ1) is 15.3. The first kappa shape index (κ1) is 24.1. The Labute approximate surface area is 191 Å². The molecule has 3 rings (SSSR count). The van der Waals surface area contributed by atoms with E-state index in [9.17, 15) is 13.2 Å². The van der Waals surface area contributed by atoms with Crippen LogP contribution in [-0.4, -0.2) is 51.4 Å². The van der Waals surface area contributed by atoms with Crippen LogP contribution in [0.25, 0.3) is 0 Å². The van der Waals surface area contributed by atoms with Gasteiger partial charge in [-0.25, -0.2) is 8.42 Å². The summed E-state index contributed by atoms with van der Waals surface area (Å²) >= 11 is 0. The highest BCUT2D eigenvalue weighted by atomic mass is 32.2. The summed E-state index contributed by atoms with van der Waals surface area (Å²) in [4.78, 5) is 14.9. The second-order valence-electron chi connectivity index (χ2n) is 7.97. The van der Waals surface area contributed by atoms with Crippen molar-refractivity contribution in [2.75, 3.05) is 43.0 Å². The predicted molar refractivity (Wildman–Crippen MR) is 128 cm³/mol. The molecule has 1 heterocycles. The van der Waals surface area contributed by atoms with Gasteiger partial charge in [-0.1, -0.05) is 18.6 Å². The lowest BCUT2D eigenvalue weighted by Crippen LogP contribution is -2.35. The van der Waals surface area contributed by atoms with Crippen LogP contribution in [0.15, 0.2) is 47.4 Å². The Morgan fingerprint density at radius 2 is 1.78 bits per heavy atom. The molecule has 2 aromatic rings. The molecule has 1 aliphatic heterocycles. The van der Waals surface area contributed by atoms with E-state index in [2.05, 4.69) is 10.2 Å². The van der Waals surface area contributed by atoms with Gasteiger partial charge < -0.3 is 15.0 Å². The number of anilines is 2. The maximum absolute atomic E-state index is 13.2. The monoisotopic (exact) mass is 459 g/mol. The lowest BCUT2D eigenvalue weighted by molar-refractivity contribution is -0.118. The van der Waals surface area contributed by atoms with E-state index in [0.717, 1.165) is 43.6 Å². The molecule has 1 amide bonds. The summed E-state index contributed by atoms with van der Waals surface area (Å²) in [5.41, 5.74) is 2.31. The Balaban J connectivity index is 1.83. The molecule has 1 aliphatic rings. The van der Waals surface area contributed by atoms with E-state index in [1.54, 1.807) is 24.3 Å². The summed E-state index contributed by atoms with van der Waals surface area (Å²) < 4.78 is 33.5. The summed E-state index contributed by atoms with van der Waals surface area (Å²) in [6, 6.07) is 12.5. The second-order valence-corrected chi connectivity index (χ2v) is 9.91. The lowest BCUT2D eigenvalue weighted by atomic mass is 10.2. The van der Waals surface area contributed by atoms with Gasteiger partial charge in [-0.3, -0.25) is 4.79 Å². The first-order valence-electron chi connectivity index (χ1n) is 11.2. The van der Waals surface area contributed by atoms with Gasteiger partial charge >= 0.3 is 0 Å². The van der Waals surface area contributed by atoms with Crippen LogP contribution >= 0.6 is 0 Å². The number of rotatable bonds is 9. The molecule has 0 radical (unpaired) electrons. The maximum atomic E-state index is 13.2. The molecule has 0 spiro atoms. The van der Waals surface area contributed by atoms with Crippen LogP contribution < -0.4 is 15.0 Å². The molecule has 1 fully saturated rings. The highest BCUT2D eigenvalue weighted by molar-refractivity contribution is 7.89. The van der Waals surface area contributed by atoms with Crippen molar-refractivity contribution in [3.8, 4) is 5.75 Å². The molecule has 0 saturated carbocycles. The Morgan fingerprint density at radius 1 is 1.06 bits per heavy atom. The van der Waals surface area contributed by atoms with Gasteiger partial charge in [0.25, 0.3) is 5.91 Å². The minimum atomic E-state index is -3.60. The number of hydrogen-bond donors (Lipinski definition) is 1. The molecular weight excluding hydrogens is 426 g/mol. The van der Waals surface area contributed by atoms with Gasteiger partial charge in [0.2, 0.25) is 10.0 Å². The lowest BCUT2D eigenvalue weighted by Gasteiger charge is -2.28. The van der Waals surface area contributed by atoms with E-state index in [-0.39, 0.29) is 17.4 Å². The number of hydrogen-bond acceptors (Lipinski definition) is 5. The second kappa shape index (κ2) is 10.8. The van der Waals surface area contributed by atoms with Crippen LogP contribution in [0, 0.1) is 6.92 Å². The normalized spacial score (nSPS) is 14.7. The minimum absolute atomic E-state index is 0.162. The Morgan fingerprint density at radius 3 is 2.44 bits per heavy atom. The number of amides is 1. The Kier molecular flexibility index (Phi) is 8.15. The third-order valence-corrected chi connectivity index (χ3v) is 7.55. The van der Waals surface area contributed by atoms with E-state index < -0.39 is 10.0 Å². The van der Waals surface area contributed by atoms with Crippen LogP contribution in [0.1, 0.15) is 38.7 Å². The molecule has 174 valence electrons. The molecule has 0 atom stereocenters. The Bertz CT molecular complexity index is 1030. The summed E-state index contributed by atoms with van der Waals surface area (Å²) in [7, 11) is -3.60.